The minimum atomic E-state index is 0.212. The highest BCUT2D eigenvalue weighted by molar-refractivity contribution is 7.98. The van der Waals surface area contributed by atoms with Gasteiger partial charge in [0, 0.05) is 23.8 Å². The van der Waals surface area contributed by atoms with Gasteiger partial charge in [0.25, 0.3) is 0 Å². The van der Waals surface area contributed by atoms with Gasteiger partial charge in [0.2, 0.25) is 5.16 Å². The van der Waals surface area contributed by atoms with Crippen LogP contribution in [0.5, 0.6) is 5.75 Å². The third-order valence-electron chi connectivity index (χ3n) is 3.64. The van der Waals surface area contributed by atoms with Crippen molar-refractivity contribution < 1.29 is 5.11 Å². The summed E-state index contributed by atoms with van der Waals surface area (Å²) >= 11 is 1.55. The largest absolute Gasteiger partial charge is 0.508 e. The summed E-state index contributed by atoms with van der Waals surface area (Å²) in [4.78, 5) is 4.05. The number of aromatic nitrogens is 6. The molecule has 0 aliphatic rings. The Bertz CT molecular complexity index is 948. The molecular formula is C17H14N6OS. The van der Waals surface area contributed by atoms with Gasteiger partial charge < -0.3 is 9.67 Å². The van der Waals surface area contributed by atoms with E-state index in [4.69, 9.17) is 0 Å². The zero-order valence-electron chi connectivity index (χ0n) is 13.1. The van der Waals surface area contributed by atoms with Crippen LogP contribution in [0.1, 0.15) is 5.56 Å². The SMILES string of the molecule is Oc1ccc(-n2nnnc2SCc2ccc(-n3ccnc3)cc2)cc1. The van der Waals surface area contributed by atoms with Crippen molar-refractivity contribution in [2.45, 2.75) is 10.9 Å². The second-order valence-corrected chi connectivity index (χ2v) is 6.26. The van der Waals surface area contributed by atoms with E-state index in [1.807, 2.05) is 10.8 Å². The molecule has 0 radical (unpaired) electrons. The highest BCUT2D eigenvalue weighted by atomic mass is 32.2. The second-order valence-electron chi connectivity index (χ2n) is 5.31. The quantitative estimate of drug-likeness (QED) is 0.557. The minimum absolute atomic E-state index is 0.212. The average molecular weight is 350 g/mol. The molecule has 2 heterocycles. The van der Waals surface area contributed by atoms with Crippen molar-refractivity contribution in [3.8, 4) is 17.1 Å². The van der Waals surface area contributed by atoms with E-state index in [1.165, 1.54) is 5.56 Å². The van der Waals surface area contributed by atoms with Gasteiger partial charge >= 0.3 is 0 Å². The lowest BCUT2D eigenvalue weighted by molar-refractivity contribution is 0.475. The number of thioether (sulfide) groups is 1. The molecule has 0 saturated carbocycles. The Morgan fingerprint density at radius 3 is 2.44 bits per heavy atom. The molecule has 0 aliphatic carbocycles. The highest BCUT2D eigenvalue weighted by Gasteiger charge is 2.09. The monoisotopic (exact) mass is 350 g/mol. The first-order valence-electron chi connectivity index (χ1n) is 7.57. The van der Waals surface area contributed by atoms with Crippen LogP contribution in [0, 0.1) is 0 Å². The molecule has 0 spiro atoms. The summed E-state index contributed by atoms with van der Waals surface area (Å²) in [5.41, 5.74) is 3.05. The summed E-state index contributed by atoms with van der Waals surface area (Å²) < 4.78 is 3.62. The number of hydrogen-bond acceptors (Lipinski definition) is 6. The van der Waals surface area contributed by atoms with Crippen LogP contribution in [-0.2, 0) is 5.75 Å². The highest BCUT2D eigenvalue weighted by Crippen LogP contribution is 2.23. The molecule has 2 aromatic carbocycles. The van der Waals surface area contributed by atoms with Gasteiger partial charge in [0.15, 0.2) is 0 Å². The van der Waals surface area contributed by atoms with Crippen LogP contribution in [0.15, 0.2) is 72.4 Å². The number of aromatic hydroxyl groups is 1. The van der Waals surface area contributed by atoms with Gasteiger partial charge in [-0.1, -0.05) is 23.9 Å². The second kappa shape index (κ2) is 6.78. The normalized spacial score (nSPS) is 10.9. The van der Waals surface area contributed by atoms with E-state index in [0.29, 0.717) is 5.16 Å². The van der Waals surface area contributed by atoms with Crippen molar-refractivity contribution in [3.63, 3.8) is 0 Å². The zero-order chi connectivity index (χ0) is 17.1. The third-order valence-corrected chi connectivity index (χ3v) is 4.63. The molecular weight excluding hydrogens is 336 g/mol. The van der Waals surface area contributed by atoms with Crippen LogP contribution in [0.2, 0.25) is 0 Å². The summed E-state index contributed by atoms with van der Waals surface area (Å²) in [5.74, 6) is 0.965. The van der Waals surface area contributed by atoms with Gasteiger partial charge in [0.1, 0.15) is 5.75 Å². The van der Waals surface area contributed by atoms with E-state index in [9.17, 15) is 5.11 Å². The lowest BCUT2D eigenvalue weighted by atomic mass is 10.2. The summed E-state index contributed by atoms with van der Waals surface area (Å²) in [5, 5.41) is 21.9. The summed E-state index contributed by atoms with van der Waals surface area (Å²) in [7, 11) is 0. The van der Waals surface area contributed by atoms with Crippen molar-refractivity contribution in [3.05, 3.63) is 72.8 Å². The van der Waals surface area contributed by atoms with E-state index >= 15 is 0 Å². The van der Waals surface area contributed by atoms with Crippen molar-refractivity contribution >= 4 is 11.8 Å². The Hall–Kier alpha value is -3.13. The zero-order valence-corrected chi connectivity index (χ0v) is 13.9. The van der Waals surface area contributed by atoms with E-state index in [-0.39, 0.29) is 5.75 Å². The molecule has 1 N–H and O–H groups in total. The molecule has 0 aliphatic heterocycles. The average Bonchev–Trinajstić information content (AvgIpc) is 3.33. The van der Waals surface area contributed by atoms with Crippen LogP contribution in [0.4, 0.5) is 0 Å². The lowest BCUT2D eigenvalue weighted by Crippen LogP contribution is -1.98. The van der Waals surface area contributed by atoms with Gasteiger partial charge in [0.05, 0.1) is 12.0 Å². The minimum Gasteiger partial charge on any atom is -0.508 e. The number of hydrogen-bond donors (Lipinski definition) is 1. The fraction of sp³-hybridized carbons (Fsp3) is 0.0588. The van der Waals surface area contributed by atoms with E-state index in [0.717, 1.165) is 17.1 Å². The van der Waals surface area contributed by atoms with E-state index in [1.54, 1.807) is 53.2 Å². The smallest absolute Gasteiger partial charge is 0.214 e. The molecule has 0 amide bonds. The molecule has 0 fully saturated rings. The number of phenols is 1. The molecule has 0 saturated heterocycles. The molecule has 4 aromatic rings. The number of phenolic OH excluding ortho intramolecular Hbond substituents is 1. The molecule has 0 bridgehead atoms. The Labute approximate surface area is 148 Å². The molecule has 2 aromatic heterocycles. The fourth-order valence-corrected chi connectivity index (χ4v) is 3.20. The molecule has 0 unspecified atom stereocenters. The number of imidazole rings is 1. The first-order chi connectivity index (χ1) is 12.3. The first-order valence-corrected chi connectivity index (χ1v) is 8.56. The van der Waals surface area contributed by atoms with Crippen LogP contribution < -0.4 is 0 Å². The number of benzene rings is 2. The predicted molar refractivity (Wildman–Crippen MR) is 93.9 cm³/mol. The van der Waals surface area contributed by atoms with Crippen LogP contribution >= 0.6 is 11.8 Å². The molecule has 0 atom stereocenters. The summed E-state index contributed by atoms with van der Waals surface area (Å²) in [6.07, 6.45) is 5.44. The van der Waals surface area contributed by atoms with Gasteiger partial charge in [-0.05, 0) is 52.4 Å². The standard InChI is InChI=1S/C17H14N6OS/c24-16-7-5-15(6-8-16)23-17(19-20-21-23)25-11-13-1-3-14(4-2-13)22-10-9-18-12-22/h1-10,12,24H,11H2. The third kappa shape index (κ3) is 3.38. The van der Waals surface area contributed by atoms with E-state index < -0.39 is 0 Å². The van der Waals surface area contributed by atoms with Gasteiger partial charge in [-0.3, -0.25) is 0 Å². The Morgan fingerprint density at radius 2 is 1.72 bits per heavy atom. The maximum absolute atomic E-state index is 9.39. The van der Waals surface area contributed by atoms with Crippen molar-refractivity contribution in [2.24, 2.45) is 0 Å². The lowest BCUT2D eigenvalue weighted by Gasteiger charge is -2.06. The predicted octanol–water partition coefficient (Wildman–Crippen LogP) is 2.85. The Morgan fingerprint density at radius 1 is 0.960 bits per heavy atom. The van der Waals surface area contributed by atoms with E-state index in [2.05, 4.69) is 44.8 Å². The summed E-state index contributed by atoms with van der Waals surface area (Å²) in [6, 6.07) is 15.0. The molecule has 25 heavy (non-hydrogen) atoms. The summed E-state index contributed by atoms with van der Waals surface area (Å²) in [6.45, 7) is 0. The first kappa shape index (κ1) is 15.4. The topological polar surface area (TPSA) is 81.6 Å². The fourth-order valence-electron chi connectivity index (χ4n) is 2.35. The number of nitrogens with zero attached hydrogens (tertiary/aromatic N) is 6. The van der Waals surface area contributed by atoms with Gasteiger partial charge in [-0.25, -0.2) is 4.98 Å². The Balaban J connectivity index is 1.47. The van der Waals surface area contributed by atoms with Gasteiger partial charge in [-0.15, -0.1) is 5.10 Å². The van der Waals surface area contributed by atoms with Crippen LogP contribution in [0.25, 0.3) is 11.4 Å². The van der Waals surface area contributed by atoms with Crippen LogP contribution in [-0.4, -0.2) is 34.9 Å². The maximum atomic E-state index is 9.39. The Kier molecular flexibility index (Phi) is 4.17. The molecule has 4 rings (SSSR count). The maximum Gasteiger partial charge on any atom is 0.214 e. The van der Waals surface area contributed by atoms with Crippen molar-refractivity contribution in [2.75, 3.05) is 0 Å². The molecule has 124 valence electrons. The number of rotatable bonds is 5. The van der Waals surface area contributed by atoms with Gasteiger partial charge in [-0.2, -0.15) is 4.68 Å². The molecule has 8 heteroatoms. The van der Waals surface area contributed by atoms with Crippen molar-refractivity contribution in [1.82, 2.24) is 29.8 Å². The van der Waals surface area contributed by atoms with Crippen LogP contribution in [0.3, 0.4) is 0 Å². The number of tetrazole rings is 1. The van der Waals surface area contributed by atoms with Crippen molar-refractivity contribution in [1.29, 1.82) is 0 Å². The molecule has 7 nitrogen and oxygen atoms in total.